The molecule has 3 N–H and O–H groups in total. The van der Waals surface area contributed by atoms with Gasteiger partial charge < -0.3 is 20.3 Å². The van der Waals surface area contributed by atoms with Crippen LogP contribution in [-0.2, 0) is 31.8 Å². The minimum absolute atomic E-state index is 0.00783. The van der Waals surface area contributed by atoms with Crippen molar-refractivity contribution in [3.05, 3.63) is 71.3 Å². The molecule has 3 aliphatic rings. The molecular weight excluding hydrogens is 802 g/mol. The van der Waals surface area contributed by atoms with Gasteiger partial charge in [-0.05, 0) is 68.3 Å². The summed E-state index contributed by atoms with van der Waals surface area (Å²) in [4.78, 5) is 60.5. The van der Waals surface area contributed by atoms with Crippen LogP contribution >= 0.6 is 12.6 Å². The van der Waals surface area contributed by atoms with Gasteiger partial charge in [0.1, 0.15) is 35.8 Å². The summed E-state index contributed by atoms with van der Waals surface area (Å²) in [5.74, 6) is -2.02. The van der Waals surface area contributed by atoms with Crippen LogP contribution in [0, 0.1) is 17.1 Å². The minimum Gasteiger partial charge on any atom is -0.492 e. The molecule has 3 saturated heterocycles. The highest BCUT2D eigenvalue weighted by Gasteiger charge is 2.52. The number of rotatable bonds is 13. The van der Waals surface area contributed by atoms with E-state index in [1.54, 1.807) is 36.9 Å². The number of aromatic nitrogens is 1. The van der Waals surface area contributed by atoms with E-state index in [0.29, 0.717) is 67.9 Å². The summed E-state index contributed by atoms with van der Waals surface area (Å²) in [6.07, 6.45) is -3.40. The number of amides is 4. The number of benzene rings is 2. The molecule has 3 fully saturated rings. The zero-order chi connectivity index (χ0) is 42.6. The number of thiol groups is 1. The standard InChI is InChI=1S/C39H42F5N9O5S/c1-38(2)36(57)52(26-19-27(39(42,43)44)31(20-45)46-21-26)37(59)53(38)25-4-7-32(23(17-25)9-10-40)58-16-15-50-11-13-51(14-12-50)22-34(55)48-30-18-24(3-5-28(30)41)47-29-6-8-33(54)49-35(29)56/h3-5,7,17-19,21,29,37,47,59H,6,8-16,22H2,1-2H3,(H,48,55)(H,49,54,56). The van der Waals surface area contributed by atoms with Crippen LogP contribution in [0.25, 0.3) is 0 Å². The highest BCUT2D eigenvalue weighted by Crippen LogP contribution is 2.43. The van der Waals surface area contributed by atoms with E-state index in [4.69, 9.17) is 10.00 Å². The number of ether oxygens (including phenoxy) is 1. The lowest BCUT2D eigenvalue weighted by molar-refractivity contribution is -0.138. The summed E-state index contributed by atoms with van der Waals surface area (Å²) >= 11 is 4.62. The van der Waals surface area contributed by atoms with E-state index in [1.807, 2.05) is 4.90 Å². The van der Waals surface area contributed by atoms with Crippen molar-refractivity contribution in [2.24, 2.45) is 0 Å². The first kappa shape index (κ1) is 43.1. The normalized spacial score (nSPS) is 20.0. The number of imide groups is 1. The Labute approximate surface area is 342 Å². The molecule has 6 rings (SSSR count). The van der Waals surface area contributed by atoms with Gasteiger partial charge >= 0.3 is 6.18 Å². The Morgan fingerprint density at radius 3 is 2.47 bits per heavy atom. The molecule has 0 saturated carbocycles. The lowest BCUT2D eigenvalue weighted by Gasteiger charge is -2.34. The summed E-state index contributed by atoms with van der Waals surface area (Å²) in [6, 6.07) is 10.5. The second kappa shape index (κ2) is 17.8. The number of piperidine rings is 1. The molecule has 3 aliphatic heterocycles. The van der Waals surface area contributed by atoms with Crippen LogP contribution in [0.1, 0.15) is 43.5 Å². The number of halogens is 5. The maximum absolute atomic E-state index is 14.6. The van der Waals surface area contributed by atoms with Crippen LogP contribution in [0.15, 0.2) is 48.7 Å². The number of hydrogen-bond acceptors (Lipinski definition) is 12. The highest BCUT2D eigenvalue weighted by molar-refractivity contribution is 7.81. The summed E-state index contributed by atoms with van der Waals surface area (Å²) in [7, 11) is 0. The molecular formula is C39H42F5N9O5S. The molecule has 3 aromatic rings. The van der Waals surface area contributed by atoms with Gasteiger partial charge in [0.25, 0.3) is 5.91 Å². The van der Waals surface area contributed by atoms with Crippen LogP contribution in [-0.4, -0.2) is 108 Å². The molecule has 314 valence electrons. The van der Waals surface area contributed by atoms with Gasteiger partial charge in [0.2, 0.25) is 17.7 Å². The van der Waals surface area contributed by atoms with Gasteiger partial charge in [-0.3, -0.25) is 43.6 Å². The summed E-state index contributed by atoms with van der Waals surface area (Å²) < 4.78 is 75.7. The van der Waals surface area contributed by atoms with E-state index in [2.05, 4.69) is 38.5 Å². The number of aryl methyl sites for hydroxylation is 1. The third-order valence-corrected chi connectivity index (χ3v) is 10.8. The number of nitrogens with zero attached hydrogens (tertiary/aromatic N) is 6. The van der Waals surface area contributed by atoms with Crippen molar-refractivity contribution in [3.63, 3.8) is 0 Å². The Morgan fingerprint density at radius 2 is 1.80 bits per heavy atom. The Morgan fingerprint density at radius 1 is 1.07 bits per heavy atom. The highest BCUT2D eigenvalue weighted by atomic mass is 32.1. The Bertz CT molecular complexity index is 2140. The van der Waals surface area contributed by atoms with Crippen molar-refractivity contribution in [1.82, 2.24) is 20.1 Å². The van der Waals surface area contributed by atoms with Crippen molar-refractivity contribution in [2.45, 2.75) is 56.4 Å². The van der Waals surface area contributed by atoms with E-state index in [9.17, 15) is 41.1 Å². The van der Waals surface area contributed by atoms with E-state index < -0.39 is 64.7 Å². The smallest absolute Gasteiger partial charge is 0.419 e. The molecule has 59 heavy (non-hydrogen) atoms. The maximum Gasteiger partial charge on any atom is 0.419 e. The number of nitriles is 1. The largest absolute Gasteiger partial charge is 0.492 e. The molecule has 4 heterocycles. The topological polar surface area (TPSA) is 163 Å². The molecule has 2 atom stereocenters. The summed E-state index contributed by atoms with van der Waals surface area (Å²) in [6.45, 7) is 5.62. The van der Waals surface area contributed by atoms with Crippen LogP contribution in [0.2, 0.25) is 0 Å². The van der Waals surface area contributed by atoms with Crippen LogP contribution in [0.4, 0.5) is 44.7 Å². The van der Waals surface area contributed by atoms with Crippen LogP contribution in [0.5, 0.6) is 5.75 Å². The summed E-state index contributed by atoms with van der Waals surface area (Å²) in [5, 5.41) is 17.0. The first-order valence-electron chi connectivity index (χ1n) is 18.7. The fourth-order valence-corrected chi connectivity index (χ4v) is 7.91. The van der Waals surface area contributed by atoms with Gasteiger partial charge in [0.15, 0.2) is 11.2 Å². The number of carbonyl (C=O) groups is 4. The summed E-state index contributed by atoms with van der Waals surface area (Å²) in [5.41, 5.74) is -3.33. The number of piperazine rings is 1. The van der Waals surface area contributed by atoms with Crippen LogP contribution in [0.3, 0.4) is 0 Å². The average molecular weight is 844 g/mol. The van der Waals surface area contributed by atoms with Gasteiger partial charge in [-0.1, -0.05) is 0 Å². The predicted molar refractivity (Wildman–Crippen MR) is 210 cm³/mol. The molecule has 20 heteroatoms. The number of nitrogens with one attached hydrogen (secondary N) is 3. The molecule has 1 aromatic heterocycles. The number of pyridine rings is 1. The molecule has 0 radical (unpaired) electrons. The molecule has 0 spiro atoms. The zero-order valence-corrected chi connectivity index (χ0v) is 33.0. The molecule has 0 aliphatic carbocycles. The molecule has 0 bridgehead atoms. The molecule has 4 amide bonds. The van der Waals surface area contributed by atoms with Crippen LogP contribution < -0.4 is 30.5 Å². The Hall–Kier alpha value is -5.52. The van der Waals surface area contributed by atoms with E-state index >= 15 is 0 Å². The average Bonchev–Trinajstić information content (AvgIpc) is 3.36. The lowest BCUT2D eigenvalue weighted by atomic mass is 10.0. The first-order chi connectivity index (χ1) is 28.0. The van der Waals surface area contributed by atoms with Crippen molar-refractivity contribution in [2.75, 3.05) is 73.0 Å². The first-order valence-corrected chi connectivity index (χ1v) is 19.3. The lowest BCUT2D eigenvalue weighted by Crippen LogP contribution is -2.49. The molecule has 2 aromatic carbocycles. The third kappa shape index (κ3) is 9.69. The molecule has 2 unspecified atom stereocenters. The monoisotopic (exact) mass is 843 g/mol. The van der Waals surface area contributed by atoms with Gasteiger partial charge in [-0.2, -0.15) is 18.4 Å². The number of hydrogen-bond donors (Lipinski definition) is 4. The van der Waals surface area contributed by atoms with Crippen molar-refractivity contribution in [3.8, 4) is 11.8 Å². The van der Waals surface area contributed by atoms with Gasteiger partial charge in [0, 0.05) is 56.9 Å². The zero-order valence-electron chi connectivity index (χ0n) is 32.1. The van der Waals surface area contributed by atoms with E-state index in [1.165, 1.54) is 24.3 Å². The number of alkyl halides is 4. The Kier molecular flexibility index (Phi) is 13.0. The van der Waals surface area contributed by atoms with Gasteiger partial charge in [0.05, 0.1) is 36.4 Å². The number of carbonyl (C=O) groups excluding carboxylic acids is 4. The molecule has 14 nitrogen and oxygen atoms in total. The third-order valence-electron chi connectivity index (χ3n) is 10.4. The predicted octanol–water partition coefficient (Wildman–Crippen LogP) is 4.32. The number of anilines is 4. The van der Waals surface area contributed by atoms with E-state index in [0.717, 1.165) is 11.1 Å². The van der Waals surface area contributed by atoms with E-state index in [-0.39, 0.29) is 43.3 Å². The van der Waals surface area contributed by atoms with Crippen molar-refractivity contribution >= 4 is 59.0 Å². The van der Waals surface area contributed by atoms with Crippen molar-refractivity contribution in [1.29, 1.82) is 5.26 Å². The minimum atomic E-state index is -4.89. The maximum atomic E-state index is 14.6. The van der Waals surface area contributed by atoms with Gasteiger partial charge in [-0.15, -0.1) is 12.6 Å². The fraction of sp³-hybridized carbons (Fsp3) is 0.436. The quantitative estimate of drug-likeness (QED) is 0.110. The second-order valence-corrected chi connectivity index (χ2v) is 15.2. The Balaban J connectivity index is 1.02. The SMILES string of the molecule is CC1(C)C(=O)N(c2cnc(C#N)c(C(F)(F)F)c2)C(S)N1c1ccc(OCCN2CCN(CC(=O)Nc3cc(NC4CCC(=O)NC4=O)ccc3F)CC2)c(CCF)c1. The van der Waals surface area contributed by atoms with Gasteiger partial charge in [-0.25, -0.2) is 9.37 Å². The van der Waals surface area contributed by atoms with Crippen molar-refractivity contribution < 1.29 is 45.9 Å². The second-order valence-electron chi connectivity index (χ2n) is 14.7. The fourth-order valence-electron chi connectivity index (χ4n) is 7.25.